The van der Waals surface area contributed by atoms with Gasteiger partial charge in [-0.1, -0.05) is 11.6 Å². The average Bonchev–Trinajstić information content (AvgIpc) is 2.17. The van der Waals surface area contributed by atoms with Gasteiger partial charge in [0.1, 0.15) is 18.0 Å². The van der Waals surface area contributed by atoms with E-state index in [9.17, 15) is 9.18 Å². The number of carbonyl (C=O) groups is 1. The number of hydrogen-bond donors (Lipinski definition) is 2. The first-order chi connectivity index (χ1) is 7.11. The maximum atomic E-state index is 13.3. The molecule has 80 valence electrons. The highest BCUT2D eigenvalue weighted by atomic mass is 35.5. The molecule has 0 amide bonds. The molecule has 6 heteroatoms. The van der Waals surface area contributed by atoms with Gasteiger partial charge >= 0.3 is 5.97 Å². The molecule has 0 bridgehead atoms. The zero-order valence-corrected chi connectivity index (χ0v) is 8.27. The largest absolute Gasteiger partial charge is 0.488 e. The SMILES string of the molecule is O=C(O)c1c(F)cc(Cl)c2c1OCCN2. The molecule has 0 aromatic heterocycles. The summed E-state index contributed by atoms with van der Waals surface area (Å²) < 4.78 is 18.4. The van der Waals surface area contributed by atoms with E-state index in [-0.39, 0.29) is 17.4 Å². The van der Waals surface area contributed by atoms with Crippen molar-refractivity contribution in [2.45, 2.75) is 0 Å². The summed E-state index contributed by atoms with van der Waals surface area (Å²) in [7, 11) is 0. The second-order valence-electron chi connectivity index (χ2n) is 3.00. The fraction of sp³-hybridized carbons (Fsp3) is 0.222. The molecule has 1 heterocycles. The molecule has 1 aromatic rings. The molecular formula is C9H7ClFNO3. The summed E-state index contributed by atoms with van der Waals surface area (Å²) in [6.45, 7) is 0.796. The van der Waals surface area contributed by atoms with Crippen molar-refractivity contribution in [1.29, 1.82) is 0 Å². The molecule has 0 spiro atoms. The Morgan fingerprint density at radius 3 is 3.07 bits per heavy atom. The van der Waals surface area contributed by atoms with Gasteiger partial charge in [-0.15, -0.1) is 0 Å². The summed E-state index contributed by atoms with van der Waals surface area (Å²) in [6.07, 6.45) is 0. The molecule has 1 aliphatic rings. The molecule has 2 N–H and O–H groups in total. The third kappa shape index (κ3) is 1.59. The number of aromatic carboxylic acids is 1. The molecule has 15 heavy (non-hydrogen) atoms. The highest BCUT2D eigenvalue weighted by Crippen LogP contribution is 2.39. The van der Waals surface area contributed by atoms with Gasteiger partial charge in [0, 0.05) is 6.54 Å². The number of benzene rings is 1. The topological polar surface area (TPSA) is 58.6 Å². The summed E-state index contributed by atoms with van der Waals surface area (Å²) >= 11 is 5.75. The standard InChI is InChI=1S/C9H7ClFNO3/c10-4-3-5(11)6(9(13)14)8-7(4)12-1-2-15-8/h3,12H,1-2H2,(H,13,14). The Labute approximate surface area is 89.6 Å². The van der Waals surface area contributed by atoms with Crippen molar-refractivity contribution in [3.05, 3.63) is 22.5 Å². The first-order valence-corrected chi connectivity index (χ1v) is 4.61. The minimum absolute atomic E-state index is 0.0289. The number of carboxylic acids is 1. The van der Waals surface area contributed by atoms with Gasteiger partial charge in [-0.2, -0.15) is 0 Å². The van der Waals surface area contributed by atoms with Crippen molar-refractivity contribution < 1.29 is 19.0 Å². The minimum Gasteiger partial charge on any atom is -0.488 e. The fourth-order valence-electron chi connectivity index (χ4n) is 1.43. The number of rotatable bonds is 1. The van der Waals surface area contributed by atoms with Crippen molar-refractivity contribution in [2.75, 3.05) is 18.5 Å². The van der Waals surface area contributed by atoms with Crippen LogP contribution < -0.4 is 10.1 Å². The maximum absolute atomic E-state index is 13.3. The Hall–Kier alpha value is -1.49. The van der Waals surface area contributed by atoms with Crippen LogP contribution in [0, 0.1) is 5.82 Å². The molecular weight excluding hydrogens is 225 g/mol. The zero-order valence-electron chi connectivity index (χ0n) is 7.51. The van der Waals surface area contributed by atoms with Gasteiger partial charge in [0.25, 0.3) is 0 Å². The van der Waals surface area contributed by atoms with Crippen molar-refractivity contribution in [3.63, 3.8) is 0 Å². The zero-order chi connectivity index (χ0) is 11.0. The highest BCUT2D eigenvalue weighted by molar-refractivity contribution is 6.34. The van der Waals surface area contributed by atoms with E-state index in [4.69, 9.17) is 21.4 Å². The van der Waals surface area contributed by atoms with Crippen LogP contribution in [-0.4, -0.2) is 24.2 Å². The lowest BCUT2D eigenvalue weighted by Gasteiger charge is -2.21. The molecule has 0 aliphatic carbocycles. The minimum atomic E-state index is -1.37. The number of hydrogen-bond acceptors (Lipinski definition) is 3. The molecule has 0 saturated carbocycles. The van der Waals surface area contributed by atoms with Crippen molar-refractivity contribution in [1.82, 2.24) is 0 Å². The van der Waals surface area contributed by atoms with E-state index in [1.165, 1.54) is 0 Å². The van der Waals surface area contributed by atoms with Gasteiger partial charge in [-0.05, 0) is 6.07 Å². The number of fused-ring (bicyclic) bond motifs is 1. The van der Waals surface area contributed by atoms with E-state index in [0.717, 1.165) is 6.07 Å². The third-order valence-electron chi connectivity index (χ3n) is 2.05. The number of halogens is 2. The smallest absolute Gasteiger partial charge is 0.342 e. The van der Waals surface area contributed by atoms with E-state index in [0.29, 0.717) is 12.2 Å². The third-order valence-corrected chi connectivity index (χ3v) is 2.35. The van der Waals surface area contributed by atoms with E-state index in [1.54, 1.807) is 0 Å². The van der Waals surface area contributed by atoms with Crippen LogP contribution in [0.1, 0.15) is 10.4 Å². The van der Waals surface area contributed by atoms with Gasteiger partial charge < -0.3 is 15.2 Å². The average molecular weight is 232 g/mol. The number of nitrogens with one attached hydrogen (secondary N) is 1. The molecule has 1 aliphatic heterocycles. The Bertz CT molecular complexity index is 436. The summed E-state index contributed by atoms with van der Waals surface area (Å²) in [5.41, 5.74) is -0.150. The Morgan fingerprint density at radius 2 is 2.40 bits per heavy atom. The Balaban J connectivity index is 2.68. The van der Waals surface area contributed by atoms with Crippen LogP contribution in [0.5, 0.6) is 5.75 Å². The molecule has 0 unspecified atom stereocenters. The van der Waals surface area contributed by atoms with E-state index in [1.807, 2.05) is 0 Å². The number of ether oxygens (including phenoxy) is 1. The predicted octanol–water partition coefficient (Wildman–Crippen LogP) is 1.98. The van der Waals surface area contributed by atoms with Gasteiger partial charge in [-0.3, -0.25) is 0 Å². The van der Waals surface area contributed by atoms with Crippen LogP contribution in [-0.2, 0) is 0 Å². The van der Waals surface area contributed by atoms with Crippen LogP contribution in [0.4, 0.5) is 10.1 Å². The van der Waals surface area contributed by atoms with Gasteiger partial charge in [0.15, 0.2) is 5.75 Å². The molecule has 0 radical (unpaired) electrons. The Kier molecular flexibility index (Phi) is 2.40. The van der Waals surface area contributed by atoms with Crippen molar-refractivity contribution in [3.8, 4) is 5.75 Å². The lowest BCUT2D eigenvalue weighted by atomic mass is 10.1. The Morgan fingerprint density at radius 1 is 1.67 bits per heavy atom. The molecule has 4 nitrogen and oxygen atoms in total. The molecule has 0 saturated heterocycles. The van der Waals surface area contributed by atoms with E-state index >= 15 is 0 Å². The highest BCUT2D eigenvalue weighted by Gasteiger charge is 2.25. The first kappa shape index (κ1) is 10.0. The molecule has 0 fully saturated rings. The van der Waals surface area contributed by atoms with Gasteiger partial charge in [-0.25, -0.2) is 9.18 Å². The van der Waals surface area contributed by atoms with Crippen molar-refractivity contribution >= 4 is 23.3 Å². The molecule has 2 rings (SSSR count). The first-order valence-electron chi connectivity index (χ1n) is 4.23. The lowest BCUT2D eigenvalue weighted by Crippen LogP contribution is -2.21. The van der Waals surface area contributed by atoms with Crippen LogP contribution in [0.2, 0.25) is 5.02 Å². The maximum Gasteiger partial charge on any atom is 0.342 e. The van der Waals surface area contributed by atoms with Crippen LogP contribution in [0.15, 0.2) is 6.07 Å². The lowest BCUT2D eigenvalue weighted by molar-refractivity contribution is 0.0687. The van der Waals surface area contributed by atoms with Crippen LogP contribution in [0.3, 0.4) is 0 Å². The summed E-state index contributed by atoms with van der Waals surface area (Å²) in [5, 5.41) is 11.8. The normalized spacial score (nSPS) is 13.7. The summed E-state index contributed by atoms with van der Waals surface area (Å²) in [4.78, 5) is 10.8. The van der Waals surface area contributed by atoms with Crippen molar-refractivity contribution in [2.24, 2.45) is 0 Å². The monoisotopic (exact) mass is 231 g/mol. The molecule has 0 atom stereocenters. The fourth-order valence-corrected chi connectivity index (χ4v) is 1.68. The second kappa shape index (κ2) is 3.58. The van der Waals surface area contributed by atoms with Crippen LogP contribution >= 0.6 is 11.6 Å². The number of anilines is 1. The predicted molar refractivity (Wildman–Crippen MR) is 52.4 cm³/mol. The quantitative estimate of drug-likeness (QED) is 0.776. The number of carboxylic acid groups (broad SMARTS) is 1. The summed E-state index contributed by atoms with van der Waals surface area (Å²) in [6, 6.07) is 0.964. The second-order valence-corrected chi connectivity index (χ2v) is 3.41. The van der Waals surface area contributed by atoms with E-state index in [2.05, 4.69) is 5.32 Å². The van der Waals surface area contributed by atoms with E-state index < -0.39 is 17.3 Å². The van der Waals surface area contributed by atoms with Gasteiger partial charge in [0.05, 0.1) is 10.7 Å². The molecule has 1 aromatic carbocycles. The summed E-state index contributed by atoms with van der Waals surface area (Å²) in [5.74, 6) is -2.29. The van der Waals surface area contributed by atoms with Crippen LogP contribution in [0.25, 0.3) is 0 Å². The van der Waals surface area contributed by atoms with Gasteiger partial charge in [0.2, 0.25) is 0 Å².